The van der Waals surface area contributed by atoms with Crippen LogP contribution in [-0.4, -0.2) is 83.1 Å². The van der Waals surface area contributed by atoms with Gasteiger partial charge >= 0.3 is 6.03 Å². The van der Waals surface area contributed by atoms with E-state index in [0.717, 1.165) is 10.2 Å². The van der Waals surface area contributed by atoms with E-state index in [1.165, 1.54) is 34.3 Å². The normalized spacial score (nSPS) is 17.2. The molecule has 0 radical (unpaired) electrons. The lowest BCUT2D eigenvalue weighted by Crippen LogP contribution is -2.54. The summed E-state index contributed by atoms with van der Waals surface area (Å²) in [7, 11) is 1.55. The van der Waals surface area contributed by atoms with E-state index in [0.29, 0.717) is 29.2 Å². The zero-order valence-electron chi connectivity index (χ0n) is 20.5. The van der Waals surface area contributed by atoms with Crippen molar-refractivity contribution in [2.45, 2.75) is 18.6 Å². The van der Waals surface area contributed by atoms with E-state index in [1.54, 1.807) is 37.4 Å². The lowest BCUT2D eigenvalue weighted by atomic mass is 10.1. The van der Waals surface area contributed by atoms with Crippen molar-refractivity contribution in [3.05, 3.63) is 71.8 Å². The number of rotatable bonds is 6. The van der Waals surface area contributed by atoms with E-state index in [-0.39, 0.29) is 38.0 Å². The first-order chi connectivity index (χ1) is 18.3. The number of carbonyl (C=O) groups excluding carboxylic acids is 3. The van der Waals surface area contributed by atoms with Gasteiger partial charge in [-0.15, -0.1) is 0 Å². The summed E-state index contributed by atoms with van der Waals surface area (Å²) in [4.78, 5) is 40.9. The molecule has 3 heterocycles. The molecular formula is C26H26FN5O6. The van der Waals surface area contributed by atoms with Crippen LogP contribution in [0.4, 0.5) is 14.9 Å². The van der Waals surface area contributed by atoms with Gasteiger partial charge in [0.1, 0.15) is 30.0 Å². The quantitative estimate of drug-likeness (QED) is 0.497. The Morgan fingerprint density at radius 3 is 2.79 bits per heavy atom. The number of nitrogens with one attached hydrogen (secondary N) is 1. The second-order valence-corrected chi connectivity index (χ2v) is 9.18. The molecule has 11 nitrogen and oxygen atoms in total. The van der Waals surface area contributed by atoms with Gasteiger partial charge in [0, 0.05) is 38.8 Å². The third-order valence-electron chi connectivity index (χ3n) is 6.34. The van der Waals surface area contributed by atoms with E-state index < -0.39 is 24.1 Å². The number of ether oxygens (including phenoxy) is 2. The summed E-state index contributed by atoms with van der Waals surface area (Å²) in [5.74, 6) is -0.215. The van der Waals surface area contributed by atoms with Crippen molar-refractivity contribution in [2.75, 3.05) is 38.3 Å². The highest BCUT2D eigenvalue weighted by Crippen LogP contribution is 2.34. The molecule has 2 aliphatic heterocycles. The number of hydrogen-bond acceptors (Lipinski definition) is 7. The highest BCUT2D eigenvalue weighted by Gasteiger charge is 2.32. The Morgan fingerprint density at radius 2 is 2.03 bits per heavy atom. The molecule has 3 aromatic rings. The van der Waals surface area contributed by atoms with Crippen LogP contribution in [0.25, 0.3) is 0 Å². The highest BCUT2D eigenvalue weighted by molar-refractivity contribution is 6.00. The zero-order valence-corrected chi connectivity index (χ0v) is 20.5. The third-order valence-corrected chi connectivity index (χ3v) is 6.34. The number of aliphatic hydroxyl groups excluding tert-OH is 1. The molecule has 1 atom stereocenters. The summed E-state index contributed by atoms with van der Waals surface area (Å²) < 4.78 is 25.9. The minimum absolute atomic E-state index is 0.102. The van der Waals surface area contributed by atoms with E-state index in [9.17, 15) is 23.9 Å². The number of fused-ring (bicyclic) bond motifs is 1. The molecule has 1 aromatic heterocycles. The SMILES string of the molecule is CN1C(=O)[C@@H](NC(=O)n2cc(Cc3cccc(F)c3)cn2)COc2ccc(OCC(=O)N3CC(O)C3)cc21. The van der Waals surface area contributed by atoms with Crippen molar-refractivity contribution < 1.29 is 33.4 Å². The molecule has 1 fully saturated rings. The molecule has 5 rings (SSSR count). The molecular weight excluding hydrogens is 497 g/mol. The first-order valence-electron chi connectivity index (χ1n) is 12.0. The van der Waals surface area contributed by atoms with E-state index in [1.807, 2.05) is 0 Å². The van der Waals surface area contributed by atoms with Gasteiger partial charge in [0.15, 0.2) is 6.61 Å². The standard InChI is InChI=1S/C26H26FN5O6/c1-30-22-9-20(37-15-24(34)31-12-19(33)13-31)5-6-23(22)38-14-21(25(30)35)29-26(36)32-11-17(10-28-32)7-16-3-2-4-18(27)8-16/h2-6,8-11,19,21,33H,7,12-15H2,1H3,(H,29,36)/t21-/m0/s1. The molecule has 0 unspecified atom stereocenters. The van der Waals surface area contributed by atoms with Crippen molar-refractivity contribution in [1.82, 2.24) is 20.0 Å². The lowest BCUT2D eigenvalue weighted by molar-refractivity contribution is -0.143. The van der Waals surface area contributed by atoms with Crippen LogP contribution in [-0.2, 0) is 16.0 Å². The predicted molar refractivity (Wildman–Crippen MR) is 133 cm³/mol. The van der Waals surface area contributed by atoms with Gasteiger partial charge in [-0.1, -0.05) is 12.1 Å². The number of amides is 3. The second-order valence-electron chi connectivity index (χ2n) is 9.18. The molecule has 1 saturated heterocycles. The fraction of sp³-hybridized carbons (Fsp3) is 0.308. The smallest absolute Gasteiger partial charge is 0.342 e. The lowest BCUT2D eigenvalue weighted by Gasteiger charge is -2.35. The summed E-state index contributed by atoms with van der Waals surface area (Å²) in [6.45, 7) is 0.276. The van der Waals surface area contributed by atoms with E-state index in [4.69, 9.17) is 9.47 Å². The fourth-order valence-electron chi connectivity index (χ4n) is 4.23. The van der Waals surface area contributed by atoms with E-state index in [2.05, 4.69) is 10.4 Å². The maximum Gasteiger partial charge on any atom is 0.342 e. The number of hydrogen-bond donors (Lipinski definition) is 2. The van der Waals surface area contributed by atoms with Gasteiger partial charge in [0.2, 0.25) is 0 Å². The van der Waals surface area contributed by atoms with Gasteiger partial charge < -0.3 is 29.7 Å². The number of aliphatic hydroxyl groups is 1. The molecule has 0 saturated carbocycles. The van der Waals surface area contributed by atoms with E-state index >= 15 is 0 Å². The average molecular weight is 524 g/mol. The number of likely N-dealkylation sites (N-methyl/N-ethyl adjacent to an activating group) is 1. The molecule has 0 bridgehead atoms. The fourth-order valence-corrected chi connectivity index (χ4v) is 4.23. The molecule has 0 spiro atoms. The first kappa shape index (κ1) is 25.2. The highest BCUT2D eigenvalue weighted by atomic mass is 19.1. The number of aromatic nitrogens is 2. The summed E-state index contributed by atoms with van der Waals surface area (Å²) in [6, 6.07) is 9.40. The van der Waals surface area contributed by atoms with Crippen LogP contribution in [0.1, 0.15) is 11.1 Å². The molecule has 0 aliphatic carbocycles. The van der Waals surface area contributed by atoms with Crippen molar-refractivity contribution in [3.63, 3.8) is 0 Å². The number of β-amino-alcohol motifs (C(OH)–C–C–N with tert-alkyl or cyclic N) is 1. The summed E-state index contributed by atoms with van der Waals surface area (Å²) in [5.41, 5.74) is 1.87. The van der Waals surface area contributed by atoms with Crippen molar-refractivity contribution >= 4 is 23.5 Å². The summed E-state index contributed by atoms with van der Waals surface area (Å²) >= 11 is 0. The molecule has 2 N–H and O–H groups in total. The molecule has 3 amide bonds. The van der Waals surface area contributed by atoms with Crippen molar-refractivity contribution in [3.8, 4) is 11.5 Å². The molecule has 38 heavy (non-hydrogen) atoms. The number of benzene rings is 2. The Balaban J connectivity index is 1.20. The van der Waals surface area contributed by atoms with Crippen LogP contribution < -0.4 is 19.7 Å². The molecule has 2 aromatic carbocycles. The van der Waals surface area contributed by atoms with Crippen molar-refractivity contribution in [2.24, 2.45) is 0 Å². The Labute approximate surface area is 217 Å². The minimum atomic E-state index is -0.987. The second kappa shape index (κ2) is 10.5. The van der Waals surface area contributed by atoms with Gasteiger partial charge in [-0.3, -0.25) is 9.59 Å². The number of likely N-dealkylation sites (tertiary alicyclic amines) is 1. The van der Waals surface area contributed by atoms with Crippen LogP contribution in [0, 0.1) is 5.82 Å². The Kier molecular flexibility index (Phi) is 6.97. The Morgan fingerprint density at radius 1 is 1.21 bits per heavy atom. The Bertz CT molecular complexity index is 1370. The monoisotopic (exact) mass is 523 g/mol. The van der Waals surface area contributed by atoms with Gasteiger partial charge in [-0.2, -0.15) is 9.78 Å². The number of carbonyl (C=O) groups is 3. The third kappa shape index (κ3) is 5.44. The zero-order chi connectivity index (χ0) is 26.8. The van der Waals surface area contributed by atoms with Crippen LogP contribution in [0.5, 0.6) is 11.5 Å². The number of anilines is 1. The largest absolute Gasteiger partial charge is 0.489 e. The number of nitrogens with zero attached hydrogens (tertiary/aromatic N) is 4. The van der Waals surface area contributed by atoms with Gasteiger partial charge in [-0.05, 0) is 35.4 Å². The first-order valence-corrected chi connectivity index (χ1v) is 12.0. The number of halogens is 1. The summed E-state index contributed by atoms with van der Waals surface area (Å²) in [6.07, 6.45) is 2.93. The van der Waals surface area contributed by atoms with Crippen LogP contribution in [0.15, 0.2) is 54.9 Å². The molecule has 2 aliphatic rings. The van der Waals surface area contributed by atoms with Gasteiger partial charge in [-0.25, -0.2) is 9.18 Å². The maximum atomic E-state index is 13.5. The Hall–Kier alpha value is -4.45. The minimum Gasteiger partial charge on any atom is -0.489 e. The molecule has 12 heteroatoms. The topological polar surface area (TPSA) is 126 Å². The maximum absolute atomic E-state index is 13.5. The molecule has 198 valence electrons. The predicted octanol–water partition coefficient (Wildman–Crippen LogP) is 1.18. The van der Waals surface area contributed by atoms with Crippen LogP contribution >= 0.6 is 0 Å². The van der Waals surface area contributed by atoms with Crippen LogP contribution in [0.3, 0.4) is 0 Å². The summed E-state index contributed by atoms with van der Waals surface area (Å²) in [5, 5.41) is 16.0. The average Bonchev–Trinajstić information content (AvgIpc) is 3.31. The van der Waals surface area contributed by atoms with Gasteiger partial charge in [0.25, 0.3) is 11.8 Å². The van der Waals surface area contributed by atoms with Crippen LogP contribution in [0.2, 0.25) is 0 Å². The van der Waals surface area contributed by atoms with Crippen molar-refractivity contribution in [1.29, 1.82) is 0 Å². The van der Waals surface area contributed by atoms with Gasteiger partial charge in [0.05, 0.1) is 18.0 Å².